The Kier molecular flexibility index (Phi) is 7.10. The van der Waals surface area contributed by atoms with Gasteiger partial charge in [0.05, 0.1) is 30.5 Å². The van der Waals surface area contributed by atoms with Gasteiger partial charge >= 0.3 is 0 Å². The van der Waals surface area contributed by atoms with Gasteiger partial charge in [0, 0.05) is 29.3 Å². The molecule has 0 amide bonds. The number of alkyl halides is 1. The van der Waals surface area contributed by atoms with Crippen LogP contribution in [0.5, 0.6) is 0 Å². The van der Waals surface area contributed by atoms with E-state index in [4.69, 9.17) is 0 Å². The number of piperidine rings is 1. The Morgan fingerprint density at radius 2 is 1.95 bits per heavy atom. The van der Waals surface area contributed by atoms with Crippen LogP contribution in [0.1, 0.15) is 55.1 Å². The number of aromatic nitrogens is 3. The van der Waals surface area contributed by atoms with Gasteiger partial charge in [-0.25, -0.2) is 22.5 Å². The standard InChI is InChI=1S/C27H28F4N6/c1-16(28)26(17-13-34-37(14-17)20-7-9-33-10-8-20)27-23(32-2)5-6-25(35-27)36-15-19(30)12-24(36)21-11-18(29)3-4-22(21)31/h3-6,11,13-14,19-20,24,33H,2,7-10,12,15H2,1H3/b26-16+/t19-,24+/m0/s1. The van der Waals surface area contributed by atoms with Crippen molar-refractivity contribution < 1.29 is 17.6 Å². The molecular formula is C27H28F4N6. The largest absolute Gasteiger partial charge is 0.346 e. The molecule has 2 aromatic heterocycles. The van der Waals surface area contributed by atoms with Crippen LogP contribution >= 0.6 is 0 Å². The number of nitrogens with one attached hydrogen (secondary N) is 1. The van der Waals surface area contributed by atoms with Gasteiger partial charge in [0.15, 0.2) is 0 Å². The molecule has 2 atom stereocenters. The quantitative estimate of drug-likeness (QED) is 0.333. The summed E-state index contributed by atoms with van der Waals surface area (Å²) in [5.41, 5.74) is 1.35. The maximum Gasteiger partial charge on any atom is 0.130 e. The van der Waals surface area contributed by atoms with Crippen LogP contribution in [0.3, 0.4) is 0 Å². The topological polar surface area (TPSA) is 58.3 Å². The lowest BCUT2D eigenvalue weighted by Crippen LogP contribution is -2.29. The minimum Gasteiger partial charge on any atom is -0.346 e. The number of rotatable bonds is 6. The number of hydrogen-bond acceptors (Lipinski definition) is 5. The predicted molar refractivity (Wildman–Crippen MR) is 136 cm³/mol. The second kappa shape index (κ2) is 10.5. The van der Waals surface area contributed by atoms with Gasteiger partial charge in [-0.3, -0.25) is 9.67 Å². The highest BCUT2D eigenvalue weighted by Crippen LogP contribution is 2.41. The highest BCUT2D eigenvalue weighted by Gasteiger charge is 2.36. The molecule has 0 unspecified atom stereocenters. The Bertz CT molecular complexity index is 1330. The minimum atomic E-state index is -1.27. The first kappa shape index (κ1) is 25.1. The average Bonchev–Trinajstić information content (AvgIpc) is 3.53. The van der Waals surface area contributed by atoms with Crippen LogP contribution in [0.25, 0.3) is 5.57 Å². The molecule has 0 aliphatic carbocycles. The zero-order valence-corrected chi connectivity index (χ0v) is 20.5. The van der Waals surface area contributed by atoms with Crippen molar-refractivity contribution in [2.24, 2.45) is 4.99 Å². The van der Waals surface area contributed by atoms with Gasteiger partial charge < -0.3 is 10.2 Å². The van der Waals surface area contributed by atoms with Crippen molar-refractivity contribution in [1.29, 1.82) is 0 Å². The zero-order chi connectivity index (χ0) is 26.1. The molecule has 4 heterocycles. The summed E-state index contributed by atoms with van der Waals surface area (Å²) in [6.45, 7) is 6.64. The molecule has 5 rings (SSSR count). The van der Waals surface area contributed by atoms with Crippen molar-refractivity contribution in [2.45, 2.75) is 44.4 Å². The number of pyridine rings is 1. The van der Waals surface area contributed by atoms with Gasteiger partial charge in [0.1, 0.15) is 35.1 Å². The molecule has 10 heteroatoms. The first-order valence-corrected chi connectivity index (χ1v) is 12.3. The SMILES string of the molecule is C=Nc1ccc(N2C[C@@H](F)C[C@@H]2c2cc(F)ccc2F)nc1/C(=C(\C)F)c1cnn(C2CCNCC2)c1. The number of benzene rings is 1. The van der Waals surface area contributed by atoms with Crippen LogP contribution in [0, 0.1) is 11.6 Å². The summed E-state index contributed by atoms with van der Waals surface area (Å²) in [4.78, 5) is 10.3. The van der Waals surface area contributed by atoms with Gasteiger partial charge in [-0.05, 0) is 69.9 Å². The Labute approximate surface area is 212 Å². The molecule has 194 valence electrons. The molecule has 2 saturated heterocycles. The molecule has 3 aromatic rings. The van der Waals surface area contributed by atoms with Crippen molar-refractivity contribution >= 4 is 23.8 Å². The highest BCUT2D eigenvalue weighted by atomic mass is 19.1. The van der Waals surface area contributed by atoms with E-state index in [2.05, 4.69) is 27.1 Å². The van der Waals surface area contributed by atoms with Crippen molar-refractivity contribution in [3.8, 4) is 0 Å². The summed E-state index contributed by atoms with van der Waals surface area (Å²) in [5, 5.41) is 7.80. The summed E-state index contributed by atoms with van der Waals surface area (Å²) in [6, 6.07) is 5.81. The molecule has 2 aliphatic heterocycles. The molecule has 0 radical (unpaired) electrons. The van der Waals surface area contributed by atoms with E-state index in [1.165, 1.54) is 6.92 Å². The van der Waals surface area contributed by atoms with E-state index >= 15 is 4.39 Å². The number of aliphatic imine (C=N–C) groups is 1. The normalized spacial score (nSPS) is 21.3. The summed E-state index contributed by atoms with van der Waals surface area (Å²) in [6.07, 6.45) is 3.94. The highest BCUT2D eigenvalue weighted by molar-refractivity contribution is 5.85. The van der Waals surface area contributed by atoms with E-state index in [-0.39, 0.29) is 35.8 Å². The zero-order valence-electron chi connectivity index (χ0n) is 20.5. The Morgan fingerprint density at radius 3 is 2.68 bits per heavy atom. The maximum absolute atomic E-state index is 15.1. The minimum absolute atomic E-state index is 0.0211. The van der Waals surface area contributed by atoms with Crippen LogP contribution in [-0.2, 0) is 0 Å². The number of allylic oxidation sites excluding steroid dienone is 1. The number of nitrogens with zero attached hydrogens (tertiary/aromatic N) is 5. The summed E-state index contributed by atoms with van der Waals surface area (Å²) in [5.74, 6) is -1.42. The van der Waals surface area contributed by atoms with Gasteiger partial charge in [0.25, 0.3) is 0 Å². The first-order chi connectivity index (χ1) is 17.9. The van der Waals surface area contributed by atoms with Crippen LogP contribution < -0.4 is 10.2 Å². The molecule has 2 aliphatic rings. The molecule has 0 spiro atoms. The maximum atomic E-state index is 15.1. The van der Waals surface area contributed by atoms with E-state index in [1.54, 1.807) is 29.4 Å². The number of halogens is 4. The number of hydrogen-bond donors (Lipinski definition) is 1. The second-order valence-corrected chi connectivity index (χ2v) is 9.46. The lowest BCUT2D eigenvalue weighted by atomic mass is 10.0. The summed E-state index contributed by atoms with van der Waals surface area (Å²) in [7, 11) is 0. The second-order valence-electron chi connectivity index (χ2n) is 9.46. The Morgan fingerprint density at radius 1 is 1.16 bits per heavy atom. The Hall–Kier alpha value is -3.53. The molecule has 6 nitrogen and oxygen atoms in total. The van der Waals surface area contributed by atoms with Crippen molar-refractivity contribution in [2.75, 3.05) is 24.5 Å². The van der Waals surface area contributed by atoms with Crippen LogP contribution in [0.15, 0.2) is 53.5 Å². The molecular weight excluding hydrogens is 484 g/mol. The monoisotopic (exact) mass is 512 g/mol. The van der Waals surface area contributed by atoms with Crippen LogP contribution in [-0.4, -0.2) is 47.3 Å². The van der Waals surface area contributed by atoms with E-state index < -0.39 is 29.7 Å². The van der Waals surface area contributed by atoms with E-state index in [0.29, 0.717) is 17.1 Å². The molecule has 0 bridgehead atoms. The van der Waals surface area contributed by atoms with Crippen LogP contribution in [0.4, 0.5) is 29.1 Å². The van der Waals surface area contributed by atoms with Crippen LogP contribution in [0.2, 0.25) is 0 Å². The van der Waals surface area contributed by atoms with Gasteiger partial charge in [0.2, 0.25) is 0 Å². The molecule has 1 N–H and O–H groups in total. The van der Waals surface area contributed by atoms with Gasteiger partial charge in [-0.2, -0.15) is 5.10 Å². The van der Waals surface area contributed by atoms with Gasteiger partial charge in [-0.15, -0.1) is 0 Å². The molecule has 0 saturated carbocycles. The van der Waals surface area contributed by atoms with E-state index in [1.807, 2.05) is 4.68 Å². The fourth-order valence-electron chi connectivity index (χ4n) is 5.25. The molecule has 1 aromatic carbocycles. The smallest absolute Gasteiger partial charge is 0.130 e. The lowest BCUT2D eigenvalue weighted by molar-refractivity contribution is 0.343. The van der Waals surface area contributed by atoms with E-state index in [0.717, 1.165) is 44.1 Å². The lowest BCUT2D eigenvalue weighted by Gasteiger charge is -2.27. The third-order valence-corrected chi connectivity index (χ3v) is 7.05. The summed E-state index contributed by atoms with van der Waals surface area (Å²) >= 11 is 0. The number of anilines is 1. The predicted octanol–water partition coefficient (Wildman–Crippen LogP) is 5.85. The van der Waals surface area contributed by atoms with Crippen molar-refractivity contribution in [3.63, 3.8) is 0 Å². The first-order valence-electron chi connectivity index (χ1n) is 12.3. The fourth-order valence-corrected chi connectivity index (χ4v) is 5.25. The fraction of sp³-hybridized carbons (Fsp3) is 0.370. The summed E-state index contributed by atoms with van der Waals surface area (Å²) < 4.78 is 60.1. The Balaban J connectivity index is 1.55. The molecule has 37 heavy (non-hydrogen) atoms. The third kappa shape index (κ3) is 5.02. The molecule has 2 fully saturated rings. The van der Waals surface area contributed by atoms with Crippen molar-refractivity contribution in [3.05, 3.63) is 77.0 Å². The third-order valence-electron chi connectivity index (χ3n) is 7.05. The van der Waals surface area contributed by atoms with E-state index in [9.17, 15) is 13.2 Å². The average molecular weight is 513 g/mol. The van der Waals surface area contributed by atoms with Crippen molar-refractivity contribution in [1.82, 2.24) is 20.1 Å². The van der Waals surface area contributed by atoms with Gasteiger partial charge in [-0.1, -0.05) is 0 Å².